The average Bonchev–Trinajstić information content (AvgIpc) is 3.11. The second-order valence-electron chi connectivity index (χ2n) is 8.75. The van der Waals surface area contributed by atoms with Crippen molar-refractivity contribution in [2.45, 2.75) is 52.4 Å². The highest BCUT2D eigenvalue weighted by atomic mass is 16.5. The van der Waals surface area contributed by atoms with Gasteiger partial charge in [-0.05, 0) is 56.9 Å². The number of likely N-dealkylation sites (tertiary alicyclic amines) is 1. The second kappa shape index (κ2) is 9.35. The first-order valence-electron chi connectivity index (χ1n) is 11.1. The minimum Gasteiger partial charge on any atom is -0.493 e. The predicted octanol–water partition coefficient (Wildman–Crippen LogP) is 4.67. The van der Waals surface area contributed by atoms with E-state index in [0.717, 1.165) is 60.6 Å². The van der Waals surface area contributed by atoms with Gasteiger partial charge in [0.25, 0.3) is 0 Å². The SMILES string of the molecule is COc1cc(CN2CCC(O)(c3cccc(C)c3)CC2)ccc1OCc1c(C)noc1C. The van der Waals surface area contributed by atoms with E-state index < -0.39 is 5.60 Å². The van der Waals surface area contributed by atoms with Crippen molar-refractivity contribution in [1.82, 2.24) is 10.1 Å². The second-order valence-corrected chi connectivity index (χ2v) is 8.75. The predicted molar refractivity (Wildman–Crippen MR) is 123 cm³/mol. The lowest BCUT2D eigenvalue weighted by Crippen LogP contribution is -2.42. The number of aliphatic hydroxyl groups is 1. The molecule has 0 saturated carbocycles. The van der Waals surface area contributed by atoms with Gasteiger partial charge in [-0.3, -0.25) is 4.90 Å². The summed E-state index contributed by atoms with van der Waals surface area (Å²) in [5, 5.41) is 15.1. The lowest BCUT2D eigenvalue weighted by atomic mass is 9.84. The van der Waals surface area contributed by atoms with Crippen molar-refractivity contribution in [2.75, 3.05) is 20.2 Å². The third-order valence-electron chi connectivity index (χ3n) is 6.43. The standard InChI is InChI=1S/C26H32N2O4/c1-18-6-5-7-22(14-18)26(29)10-12-28(13-11-26)16-21-8-9-24(25(15-21)30-4)31-17-23-19(2)27-32-20(23)3/h5-9,14-15,29H,10-13,16-17H2,1-4H3. The van der Waals surface area contributed by atoms with Crippen molar-refractivity contribution in [3.05, 3.63) is 76.2 Å². The summed E-state index contributed by atoms with van der Waals surface area (Å²) in [5.74, 6) is 2.18. The summed E-state index contributed by atoms with van der Waals surface area (Å²) >= 11 is 0. The molecule has 6 nitrogen and oxygen atoms in total. The Hall–Kier alpha value is -2.83. The highest BCUT2D eigenvalue weighted by molar-refractivity contribution is 5.43. The van der Waals surface area contributed by atoms with Gasteiger partial charge in [-0.25, -0.2) is 0 Å². The average molecular weight is 437 g/mol. The molecule has 1 fully saturated rings. The Balaban J connectivity index is 1.38. The van der Waals surface area contributed by atoms with Crippen LogP contribution in [0.15, 0.2) is 47.0 Å². The molecule has 0 radical (unpaired) electrons. The minimum absolute atomic E-state index is 0.389. The van der Waals surface area contributed by atoms with E-state index >= 15 is 0 Å². The molecule has 0 spiro atoms. The Labute approximate surface area is 189 Å². The topological polar surface area (TPSA) is 68.0 Å². The monoisotopic (exact) mass is 436 g/mol. The Kier molecular flexibility index (Phi) is 6.53. The van der Waals surface area contributed by atoms with Gasteiger partial charge in [0.05, 0.1) is 24.0 Å². The molecule has 1 N–H and O–H groups in total. The molecule has 170 valence electrons. The highest BCUT2D eigenvalue weighted by Crippen LogP contribution is 2.35. The zero-order valence-electron chi connectivity index (χ0n) is 19.4. The lowest BCUT2D eigenvalue weighted by molar-refractivity contribution is -0.0277. The molecule has 1 aromatic heterocycles. The Morgan fingerprint density at radius 1 is 1.06 bits per heavy atom. The van der Waals surface area contributed by atoms with Crippen LogP contribution >= 0.6 is 0 Å². The molecule has 0 bridgehead atoms. The first-order valence-corrected chi connectivity index (χ1v) is 11.1. The van der Waals surface area contributed by atoms with Crippen LogP contribution in [0, 0.1) is 20.8 Å². The van der Waals surface area contributed by atoms with E-state index in [2.05, 4.69) is 35.2 Å². The fourth-order valence-corrected chi connectivity index (χ4v) is 4.35. The van der Waals surface area contributed by atoms with Crippen LogP contribution in [-0.2, 0) is 18.8 Å². The van der Waals surface area contributed by atoms with Crippen LogP contribution < -0.4 is 9.47 Å². The fourth-order valence-electron chi connectivity index (χ4n) is 4.35. The van der Waals surface area contributed by atoms with Crippen LogP contribution in [0.1, 0.15) is 46.5 Å². The summed E-state index contributed by atoms with van der Waals surface area (Å²) < 4.78 is 16.8. The number of benzene rings is 2. The zero-order chi connectivity index (χ0) is 22.7. The summed E-state index contributed by atoms with van der Waals surface area (Å²) in [6.45, 7) is 8.75. The van der Waals surface area contributed by atoms with Crippen LogP contribution in [-0.4, -0.2) is 35.4 Å². The molecule has 1 aliphatic rings. The smallest absolute Gasteiger partial charge is 0.161 e. The maximum absolute atomic E-state index is 11.2. The molecule has 2 heterocycles. The normalized spacial score (nSPS) is 16.2. The van der Waals surface area contributed by atoms with Gasteiger partial charge in [-0.1, -0.05) is 41.1 Å². The van der Waals surface area contributed by atoms with E-state index in [-0.39, 0.29) is 0 Å². The van der Waals surface area contributed by atoms with Crippen molar-refractivity contribution >= 4 is 0 Å². The lowest BCUT2D eigenvalue weighted by Gasteiger charge is -2.38. The van der Waals surface area contributed by atoms with Gasteiger partial charge in [0, 0.05) is 19.6 Å². The van der Waals surface area contributed by atoms with Gasteiger partial charge in [-0.15, -0.1) is 0 Å². The van der Waals surface area contributed by atoms with E-state index in [1.165, 1.54) is 5.56 Å². The number of hydrogen-bond donors (Lipinski definition) is 1. The molecule has 6 heteroatoms. The first-order chi connectivity index (χ1) is 15.4. The fraction of sp³-hybridized carbons (Fsp3) is 0.423. The third kappa shape index (κ3) is 4.81. The van der Waals surface area contributed by atoms with E-state index in [1.807, 2.05) is 38.1 Å². The third-order valence-corrected chi connectivity index (χ3v) is 6.43. The molecule has 3 aromatic rings. The van der Waals surface area contributed by atoms with Crippen molar-refractivity contribution in [1.29, 1.82) is 0 Å². The maximum Gasteiger partial charge on any atom is 0.161 e. The number of methoxy groups -OCH3 is 1. The molecule has 1 aliphatic heterocycles. The highest BCUT2D eigenvalue weighted by Gasteiger charge is 2.34. The van der Waals surface area contributed by atoms with Gasteiger partial charge in [0.15, 0.2) is 11.5 Å². The van der Waals surface area contributed by atoms with Gasteiger partial charge in [0.2, 0.25) is 0 Å². The number of aromatic nitrogens is 1. The van der Waals surface area contributed by atoms with Crippen LogP contribution in [0.3, 0.4) is 0 Å². The molecule has 4 rings (SSSR count). The molecule has 0 amide bonds. The van der Waals surface area contributed by atoms with E-state index in [4.69, 9.17) is 14.0 Å². The van der Waals surface area contributed by atoms with Crippen LogP contribution in [0.25, 0.3) is 0 Å². The van der Waals surface area contributed by atoms with Crippen molar-refractivity contribution in [2.24, 2.45) is 0 Å². The molecular formula is C26H32N2O4. The maximum atomic E-state index is 11.2. The summed E-state index contributed by atoms with van der Waals surface area (Å²) in [5.41, 5.74) is 4.43. The Bertz CT molecular complexity index is 1050. The number of aryl methyl sites for hydroxylation is 3. The summed E-state index contributed by atoms with van der Waals surface area (Å²) in [6.07, 6.45) is 1.46. The Morgan fingerprint density at radius 3 is 2.50 bits per heavy atom. The van der Waals surface area contributed by atoms with Crippen LogP contribution in [0.4, 0.5) is 0 Å². The molecular weight excluding hydrogens is 404 g/mol. The largest absolute Gasteiger partial charge is 0.493 e. The molecule has 0 aliphatic carbocycles. The molecule has 1 saturated heterocycles. The van der Waals surface area contributed by atoms with Gasteiger partial charge >= 0.3 is 0 Å². The van der Waals surface area contributed by atoms with Gasteiger partial charge in [0.1, 0.15) is 12.4 Å². The zero-order valence-corrected chi connectivity index (χ0v) is 19.4. The number of nitrogens with zero attached hydrogens (tertiary/aromatic N) is 2. The van der Waals surface area contributed by atoms with Crippen molar-refractivity contribution in [3.63, 3.8) is 0 Å². The van der Waals surface area contributed by atoms with E-state index in [9.17, 15) is 5.11 Å². The molecule has 32 heavy (non-hydrogen) atoms. The number of ether oxygens (including phenoxy) is 2. The molecule has 2 aromatic carbocycles. The number of hydrogen-bond acceptors (Lipinski definition) is 6. The van der Waals surface area contributed by atoms with Crippen LogP contribution in [0.2, 0.25) is 0 Å². The number of rotatable bonds is 7. The summed E-state index contributed by atoms with van der Waals surface area (Å²) in [6, 6.07) is 14.3. The number of piperidine rings is 1. The summed E-state index contributed by atoms with van der Waals surface area (Å²) in [7, 11) is 1.66. The molecule has 0 unspecified atom stereocenters. The van der Waals surface area contributed by atoms with Crippen molar-refractivity contribution < 1.29 is 19.1 Å². The summed E-state index contributed by atoms with van der Waals surface area (Å²) in [4.78, 5) is 2.38. The Morgan fingerprint density at radius 2 is 1.84 bits per heavy atom. The van der Waals surface area contributed by atoms with Gasteiger partial charge in [-0.2, -0.15) is 0 Å². The van der Waals surface area contributed by atoms with E-state index in [1.54, 1.807) is 7.11 Å². The van der Waals surface area contributed by atoms with E-state index in [0.29, 0.717) is 18.1 Å². The minimum atomic E-state index is -0.740. The first kappa shape index (κ1) is 22.4. The van der Waals surface area contributed by atoms with Crippen LogP contribution in [0.5, 0.6) is 11.5 Å². The van der Waals surface area contributed by atoms with Gasteiger partial charge < -0.3 is 19.1 Å². The molecule has 0 atom stereocenters. The quantitative estimate of drug-likeness (QED) is 0.580. The van der Waals surface area contributed by atoms with Crippen molar-refractivity contribution in [3.8, 4) is 11.5 Å².